The number of nitrogens with zero attached hydrogens (tertiary/aromatic N) is 2. The van der Waals surface area contributed by atoms with Crippen molar-refractivity contribution in [2.24, 2.45) is 0 Å². The van der Waals surface area contributed by atoms with E-state index in [0.717, 1.165) is 39.4 Å². The molecule has 2 amide bonds. The largest absolute Gasteiger partial charge is 0.354 e. The van der Waals surface area contributed by atoms with E-state index in [0.29, 0.717) is 17.3 Å². The van der Waals surface area contributed by atoms with Crippen LogP contribution in [0.5, 0.6) is 0 Å². The van der Waals surface area contributed by atoms with Gasteiger partial charge in [-0.05, 0) is 67.8 Å². The van der Waals surface area contributed by atoms with E-state index in [9.17, 15) is 18.0 Å². The molecule has 4 rings (SSSR count). The van der Waals surface area contributed by atoms with Gasteiger partial charge in [-0.15, -0.1) is 0 Å². The van der Waals surface area contributed by atoms with E-state index in [2.05, 4.69) is 5.32 Å². The number of nitrogens with one attached hydrogen (secondary N) is 1. The van der Waals surface area contributed by atoms with E-state index >= 15 is 0 Å². The lowest BCUT2D eigenvalue weighted by Crippen LogP contribution is -2.53. The Kier molecular flexibility index (Phi) is 11.8. The van der Waals surface area contributed by atoms with E-state index in [1.807, 2.05) is 75.4 Å². The first-order valence-corrected chi connectivity index (χ1v) is 16.9. The summed E-state index contributed by atoms with van der Waals surface area (Å²) in [6.45, 7) is 6.01. The molecule has 4 aromatic carbocycles. The quantitative estimate of drug-likeness (QED) is 0.155. The highest BCUT2D eigenvalue weighted by molar-refractivity contribution is 7.92. The summed E-state index contributed by atoms with van der Waals surface area (Å²) in [6, 6.07) is 29.2. The van der Waals surface area contributed by atoms with Gasteiger partial charge in [-0.2, -0.15) is 0 Å². The Hall–Kier alpha value is -4.14. The molecular formula is C36H40ClN3O4S. The summed E-state index contributed by atoms with van der Waals surface area (Å²) in [4.78, 5) is 29.8. The maximum absolute atomic E-state index is 14.5. The zero-order chi connectivity index (χ0) is 32.4. The van der Waals surface area contributed by atoms with Crippen molar-refractivity contribution in [2.75, 3.05) is 17.4 Å². The monoisotopic (exact) mass is 645 g/mol. The number of carbonyl (C=O) groups is 2. The first-order chi connectivity index (χ1) is 21.6. The van der Waals surface area contributed by atoms with Crippen LogP contribution in [-0.4, -0.2) is 44.3 Å². The summed E-state index contributed by atoms with van der Waals surface area (Å²) < 4.78 is 29.3. The molecule has 1 atom stereocenters. The standard InChI is InChI=1S/C36H40ClN3O4S/c1-4-5-22-38-36(42)34(24-29-11-7-6-8-12-29)39(25-30-13-9-10-28(3)23-30)35(41)26-40(32-18-14-27(2)15-19-32)45(43,44)33-20-16-31(37)17-21-33/h6-21,23,34H,4-5,22,24-26H2,1-3H3,(H,38,42). The fourth-order valence-electron chi connectivity index (χ4n) is 5.04. The molecule has 1 unspecified atom stereocenters. The Balaban J connectivity index is 1.78. The molecule has 0 saturated carbocycles. The van der Waals surface area contributed by atoms with Gasteiger partial charge in [0.2, 0.25) is 11.8 Å². The Bertz CT molecular complexity index is 1680. The molecule has 0 radical (unpaired) electrons. The van der Waals surface area contributed by atoms with Crippen LogP contribution in [0.2, 0.25) is 5.02 Å². The fraction of sp³-hybridized carbons (Fsp3) is 0.278. The van der Waals surface area contributed by atoms with Crippen LogP contribution < -0.4 is 9.62 Å². The second-order valence-corrected chi connectivity index (χ2v) is 13.5. The molecule has 45 heavy (non-hydrogen) atoms. The van der Waals surface area contributed by atoms with E-state index in [4.69, 9.17) is 11.6 Å². The lowest BCUT2D eigenvalue weighted by molar-refractivity contribution is -0.140. The molecule has 0 saturated heterocycles. The van der Waals surface area contributed by atoms with E-state index in [-0.39, 0.29) is 23.8 Å². The van der Waals surface area contributed by atoms with Gasteiger partial charge in [0.15, 0.2) is 0 Å². The van der Waals surface area contributed by atoms with Gasteiger partial charge >= 0.3 is 0 Å². The Morgan fingerprint density at radius 1 is 0.822 bits per heavy atom. The minimum absolute atomic E-state index is 0.00338. The lowest BCUT2D eigenvalue weighted by atomic mass is 10.0. The first-order valence-electron chi connectivity index (χ1n) is 15.1. The SMILES string of the molecule is CCCCNC(=O)C(Cc1ccccc1)N(Cc1cccc(C)c1)C(=O)CN(c1ccc(C)cc1)S(=O)(=O)c1ccc(Cl)cc1. The predicted molar refractivity (Wildman–Crippen MR) is 181 cm³/mol. The molecule has 0 fully saturated rings. The number of amides is 2. The zero-order valence-electron chi connectivity index (χ0n) is 25.9. The van der Waals surface area contributed by atoms with Crippen LogP contribution in [-0.2, 0) is 32.6 Å². The summed E-state index contributed by atoms with van der Waals surface area (Å²) in [5.74, 6) is -0.781. The van der Waals surface area contributed by atoms with Gasteiger partial charge in [0.1, 0.15) is 12.6 Å². The molecule has 0 spiro atoms. The Labute approximate surface area is 271 Å². The number of carbonyl (C=O) groups excluding carboxylic acids is 2. The molecule has 0 aliphatic rings. The molecule has 0 bridgehead atoms. The normalized spacial score (nSPS) is 11.9. The van der Waals surface area contributed by atoms with Gasteiger partial charge in [-0.1, -0.05) is 103 Å². The number of unbranched alkanes of at least 4 members (excludes halogenated alkanes) is 1. The van der Waals surface area contributed by atoms with Gasteiger partial charge in [0.25, 0.3) is 10.0 Å². The van der Waals surface area contributed by atoms with Crippen LogP contribution in [0.1, 0.15) is 42.0 Å². The van der Waals surface area contributed by atoms with Gasteiger partial charge < -0.3 is 10.2 Å². The zero-order valence-corrected chi connectivity index (χ0v) is 27.5. The molecule has 7 nitrogen and oxygen atoms in total. The molecule has 4 aromatic rings. The number of hydrogen-bond donors (Lipinski definition) is 1. The maximum Gasteiger partial charge on any atom is 0.264 e. The second kappa shape index (κ2) is 15.7. The molecule has 236 valence electrons. The van der Waals surface area contributed by atoms with Gasteiger partial charge in [0, 0.05) is 24.5 Å². The summed E-state index contributed by atoms with van der Waals surface area (Å²) in [5, 5.41) is 3.41. The first kappa shape index (κ1) is 33.7. The number of hydrogen-bond acceptors (Lipinski definition) is 4. The van der Waals surface area contributed by atoms with E-state index in [1.54, 1.807) is 24.3 Å². The summed E-state index contributed by atoms with van der Waals surface area (Å²) in [6.07, 6.45) is 1.98. The molecule has 0 heterocycles. The van der Waals surface area contributed by atoms with Crippen molar-refractivity contribution in [2.45, 2.75) is 57.5 Å². The summed E-state index contributed by atoms with van der Waals surface area (Å²) in [5.41, 5.74) is 4.02. The van der Waals surface area contributed by atoms with Gasteiger partial charge in [-0.3, -0.25) is 13.9 Å². The number of halogens is 1. The highest BCUT2D eigenvalue weighted by Gasteiger charge is 2.34. The van der Waals surface area contributed by atoms with Gasteiger partial charge in [-0.25, -0.2) is 8.42 Å². The highest BCUT2D eigenvalue weighted by atomic mass is 35.5. The van der Waals surface area contributed by atoms with Crippen molar-refractivity contribution in [1.29, 1.82) is 0 Å². The van der Waals surface area contributed by atoms with Crippen LogP contribution in [0, 0.1) is 13.8 Å². The van der Waals surface area contributed by atoms with Crippen molar-refractivity contribution in [1.82, 2.24) is 10.2 Å². The Morgan fingerprint density at radius 3 is 2.13 bits per heavy atom. The third-order valence-corrected chi connectivity index (χ3v) is 9.58. The second-order valence-electron chi connectivity index (χ2n) is 11.2. The van der Waals surface area contributed by atoms with Crippen molar-refractivity contribution < 1.29 is 18.0 Å². The predicted octanol–water partition coefficient (Wildman–Crippen LogP) is 6.71. The number of benzene rings is 4. The Morgan fingerprint density at radius 2 is 1.49 bits per heavy atom. The molecule has 9 heteroatoms. The molecule has 1 N–H and O–H groups in total. The molecule has 0 aliphatic carbocycles. The number of sulfonamides is 1. The fourth-order valence-corrected chi connectivity index (χ4v) is 6.58. The van der Waals surface area contributed by atoms with Crippen LogP contribution in [0.15, 0.2) is 108 Å². The minimum Gasteiger partial charge on any atom is -0.354 e. The molecular weight excluding hydrogens is 606 g/mol. The average molecular weight is 646 g/mol. The summed E-state index contributed by atoms with van der Waals surface area (Å²) >= 11 is 6.06. The third kappa shape index (κ3) is 9.19. The molecule has 0 aromatic heterocycles. The number of aryl methyl sites for hydroxylation is 2. The van der Waals surface area contributed by atoms with E-state index < -0.39 is 28.5 Å². The van der Waals surface area contributed by atoms with E-state index in [1.165, 1.54) is 29.2 Å². The maximum atomic E-state index is 14.5. The van der Waals surface area contributed by atoms with Crippen LogP contribution in [0.4, 0.5) is 5.69 Å². The summed E-state index contributed by atoms with van der Waals surface area (Å²) in [7, 11) is -4.19. The van der Waals surface area contributed by atoms with Crippen molar-refractivity contribution >= 4 is 39.1 Å². The minimum atomic E-state index is -4.19. The van der Waals surface area contributed by atoms with Crippen LogP contribution >= 0.6 is 11.6 Å². The van der Waals surface area contributed by atoms with Crippen molar-refractivity contribution in [3.8, 4) is 0 Å². The van der Waals surface area contributed by atoms with Crippen molar-refractivity contribution in [3.63, 3.8) is 0 Å². The smallest absolute Gasteiger partial charge is 0.264 e. The van der Waals surface area contributed by atoms with Crippen LogP contribution in [0.3, 0.4) is 0 Å². The lowest BCUT2D eigenvalue weighted by Gasteiger charge is -2.34. The number of anilines is 1. The third-order valence-electron chi connectivity index (χ3n) is 7.54. The number of rotatable bonds is 14. The topological polar surface area (TPSA) is 86.8 Å². The van der Waals surface area contributed by atoms with Crippen LogP contribution in [0.25, 0.3) is 0 Å². The van der Waals surface area contributed by atoms with Gasteiger partial charge in [0.05, 0.1) is 10.6 Å². The molecule has 0 aliphatic heterocycles. The average Bonchev–Trinajstić information content (AvgIpc) is 3.02. The highest BCUT2D eigenvalue weighted by Crippen LogP contribution is 2.26. The van der Waals surface area contributed by atoms with Crippen molar-refractivity contribution in [3.05, 3.63) is 130 Å².